The second-order valence-electron chi connectivity index (χ2n) is 4.78. The van der Waals surface area contributed by atoms with E-state index < -0.39 is 5.97 Å². The third-order valence-electron chi connectivity index (χ3n) is 3.22. The van der Waals surface area contributed by atoms with Crippen LogP contribution >= 0.6 is 0 Å². The standard InChI is InChI=1S/C16H23NO3/c1-2-17(14-10-6-5-7-11-14)15(18)12-8-3-4-9-13-16(19)20/h5-7,10-11H,2-4,8-9,12-13H2,1H3,(H,19,20). The fourth-order valence-corrected chi connectivity index (χ4v) is 2.15. The maximum Gasteiger partial charge on any atom is 0.303 e. The summed E-state index contributed by atoms with van der Waals surface area (Å²) in [6, 6.07) is 9.67. The van der Waals surface area contributed by atoms with Gasteiger partial charge in [0.15, 0.2) is 0 Å². The number of carboxylic acid groups (broad SMARTS) is 1. The van der Waals surface area contributed by atoms with Crippen LogP contribution in [0.3, 0.4) is 0 Å². The van der Waals surface area contributed by atoms with Gasteiger partial charge in [0, 0.05) is 25.1 Å². The second kappa shape index (κ2) is 9.13. The fraction of sp³-hybridized carbons (Fsp3) is 0.500. The molecule has 0 aliphatic heterocycles. The van der Waals surface area contributed by atoms with E-state index in [9.17, 15) is 9.59 Å². The third kappa shape index (κ3) is 5.87. The van der Waals surface area contributed by atoms with E-state index in [-0.39, 0.29) is 12.3 Å². The number of unbranched alkanes of at least 4 members (excludes halogenated alkanes) is 3. The van der Waals surface area contributed by atoms with E-state index in [0.717, 1.165) is 24.9 Å². The summed E-state index contributed by atoms with van der Waals surface area (Å²) < 4.78 is 0. The number of rotatable bonds is 9. The molecule has 0 atom stereocenters. The van der Waals surface area contributed by atoms with Gasteiger partial charge in [-0.1, -0.05) is 31.0 Å². The Labute approximate surface area is 120 Å². The summed E-state index contributed by atoms with van der Waals surface area (Å²) in [7, 11) is 0. The maximum absolute atomic E-state index is 12.1. The molecule has 1 N–H and O–H groups in total. The minimum atomic E-state index is -0.748. The summed E-state index contributed by atoms with van der Waals surface area (Å²) in [4.78, 5) is 24.3. The lowest BCUT2D eigenvalue weighted by molar-refractivity contribution is -0.137. The number of para-hydroxylation sites is 1. The Balaban J connectivity index is 2.29. The van der Waals surface area contributed by atoms with E-state index in [1.54, 1.807) is 4.90 Å². The van der Waals surface area contributed by atoms with E-state index in [0.29, 0.717) is 19.4 Å². The van der Waals surface area contributed by atoms with Crippen molar-refractivity contribution in [3.05, 3.63) is 30.3 Å². The second-order valence-corrected chi connectivity index (χ2v) is 4.78. The summed E-state index contributed by atoms with van der Waals surface area (Å²) >= 11 is 0. The van der Waals surface area contributed by atoms with Crippen LogP contribution < -0.4 is 4.90 Å². The van der Waals surface area contributed by atoms with Gasteiger partial charge in [0.1, 0.15) is 0 Å². The lowest BCUT2D eigenvalue weighted by Crippen LogP contribution is -2.30. The Hall–Kier alpha value is -1.84. The van der Waals surface area contributed by atoms with E-state index in [1.165, 1.54) is 0 Å². The summed E-state index contributed by atoms with van der Waals surface area (Å²) in [6.45, 7) is 2.64. The first-order chi connectivity index (χ1) is 9.65. The minimum Gasteiger partial charge on any atom is -0.481 e. The first-order valence-corrected chi connectivity index (χ1v) is 7.22. The largest absolute Gasteiger partial charge is 0.481 e. The van der Waals surface area contributed by atoms with Crippen LogP contribution in [0.2, 0.25) is 0 Å². The van der Waals surface area contributed by atoms with Crippen LogP contribution in [-0.2, 0) is 9.59 Å². The Bertz CT molecular complexity index is 417. The molecule has 0 unspecified atom stereocenters. The lowest BCUT2D eigenvalue weighted by Gasteiger charge is -2.21. The van der Waals surface area contributed by atoms with Gasteiger partial charge in [0.2, 0.25) is 5.91 Å². The van der Waals surface area contributed by atoms with Crippen molar-refractivity contribution in [3.8, 4) is 0 Å². The van der Waals surface area contributed by atoms with E-state index in [2.05, 4.69) is 0 Å². The number of amides is 1. The third-order valence-corrected chi connectivity index (χ3v) is 3.22. The number of carbonyl (C=O) groups is 2. The SMILES string of the molecule is CCN(C(=O)CCCCCCC(=O)O)c1ccccc1. The number of hydrogen-bond acceptors (Lipinski definition) is 2. The molecule has 0 fully saturated rings. The molecule has 0 bridgehead atoms. The van der Waals surface area contributed by atoms with Crippen molar-refractivity contribution in [2.24, 2.45) is 0 Å². The predicted molar refractivity (Wildman–Crippen MR) is 79.8 cm³/mol. The van der Waals surface area contributed by atoms with Gasteiger partial charge in [-0.25, -0.2) is 0 Å². The Morgan fingerprint density at radius 2 is 1.60 bits per heavy atom. The van der Waals surface area contributed by atoms with Gasteiger partial charge in [0.25, 0.3) is 0 Å². The maximum atomic E-state index is 12.1. The van der Waals surface area contributed by atoms with Gasteiger partial charge in [-0.3, -0.25) is 9.59 Å². The first kappa shape index (κ1) is 16.2. The molecular formula is C16H23NO3. The predicted octanol–water partition coefficient (Wildman–Crippen LogP) is 3.46. The van der Waals surface area contributed by atoms with Crippen molar-refractivity contribution in [2.45, 2.75) is 45.4 Å². The smallest absolute Gasteiger partial charge is 0.303 e. The molecule has 4 nitrogen and oxygen atoms in total. The number of carbonyl (C=O) groups excluding carboxylic acids is 1. The van der Waals surface area contributed by atoms with Crippen LogP contribution in [0.15, 0.2) is 30.3 Å². The molecule has 1 aromatic carbocycles. The van der Waals surface area contributed by atoms with Gasteiger partial charge >= 0.3 is 5.97 Å². The molecule has 1 aromatic rings. The number of anilines is 1. The van der Waals surface area contributed by atoms with Gasteiger partial charge in [-0.15, -0.1) is 0 Å². The molecule has 0 radical (unpaired) electrons. The molecule has 0 saturated carbocycles. The van der Waals surface area contributed by atoms with Gasteiger partial charge in [0.05, 0.1) is 0 Å². The highest BCUT2D eigenvalue weighted by molar-refractivity contribution is 5.93. The van der Waals surface area contributed by atoms with E-state index in [1.807, 2.05) is 37.3 Å². The average molecular weight is 277 g/mol. The quantitative estimate of drug-likeness (QED) is 0.703. The van der Waals surface area contributed by atoms with Gasteiger partial charge < -0.3 is 10.0 Å². The first-order valence-electron chi connectivity index (χ1n) is 7.22. The van der Waals surface area contributed by atoms with Crippen LogP contribution in [0.4, 0.5) is 5.69 Å². The van der Waals surface area contributed by atoms with Gasteiger partial charge in [-0.2, -0.15) is 0 Å². The van der Waals surface area contributed by atoms with Crippen LogP contribution in [0.1, 0.15) is 45.4 Å². The summed E-state index contributed by atoms with van der Waals surface area (Å²) in [5.74, 6) is -0.612. The Kier molecular flexibility index (Phi) is 7.40. The van der Waals surface area contributed by atoms with Crippen molar-refractivity contribution in [3.63, 3.8) is 0 Å². The molecule has 1 rings (SSSR count). The topological polar surface area (TPSA) is 57.6 Å². The zero-order chi connectivity index (χ0) is 14.8. The molecule has 0 heterocycles. The number of nitrogens with zero attached hydrogens (tertiary/aromatic N) is 1. The normalized spacial score (nSPS) is 10.2. The number of aliphatic carboxylic acids is 1. The Morgan fingerprint density at radius 3 is 2.15 bits per heavy atom. The fourth-order valence-electron chi connectivity index (χ4n) is 2.15. The zero-order valence-corrected chi connectivity index (χ0v) is 12.0. The highest BCUT2D eigenvalue weighted by Crippen LogP contribution is 2.15. The molecule has 20 heavy (non-hydrogen) atoms. The van der Waals surface area contributed by atoms with E-state index in [4.69, 9.17) is 5.11 Å². The van der Waals surface area contributed by atoms with Crippen LogP contribution in [-0.4, -0.2) is 23.5 Å². The van der Waals surface area contributed by atoms with Crippen LogP contribution in [0, 0.1) is 0 Å². The van der Waals surface area contributed by atoms with Crippen molar-refractivity contribution in [1.82, 2.24) is 0 Å². The van der Waals surface area contributed by atoms with Crippen LogP contribution in [0.25, 0.3) is 0 Å². The molecule has 0 aromatic heterocycles. The monoisotopic (exact) mass is 277 g/mol. The summed E-state index contributed by atoms with van der Waals surface area (Å²) in [5, 5.41) is 8.53. The van der Waals surface area contributed by atoms with Crippen LogP contribution in [0.5, 0.6) is 0 Å². The summed E-state index contributed by atoms with van der Waals surface area (Å²) in [5.41, 5.74) is 0.936. The number of carboxylic acids is 1. The average Bonchev–Trinajstić information content (AvgIpc) is 2.44. The molecule has 4 heteroatoms. The number of benzene rings is 1. The zero-order valence-electron chi connectivity index (χ0n) is 12.0. The molecule has 1 amide bonds. The Morgan fingerprint density at radius 1 is 1.00 bits per heavy atom. The van der Waals surface area contributed by atoms with Crippen molar-refractivity contribution < 1.29 is 14.7 Å². The highest BCUT2D eigenvalue weighted by Gasteiger charge is 2.12. The van der Waals surface area contributed by atoms with Crippen molar-refractivity contribution in [2.75, 3.05) is 11.4 Å². The highest BCUT2D eigenvalue weighted by atomic mass is 16.4. The van der Waals surface area contributed by atoms with Gasteiger partial charge in [-0.05, 0) is 31.9 Å². The minimum absolute atomic E-state index is 0.136. The molecule has 0 aliphatic carbocycles. The molecule has 0 spiro atoms. The molecule has 0 aliphatic rings. The number of hydrogen-bond donors (Lipinski definition) is 1. The molecule has 110 valence electrons. The molecular weight excluding hydrogens is 254 g/mol. The lowest BCUT2D eigenvalue weighted by atomic mass is 10.1. The summed E-state index contributed by atoms with van der Waals surface area (Å²) in [6.07, 6.45) is 4.04. The van der Waals surface area contributed by atoms with Crippen molar-refractivity contribution in [1.29, 1.82) is 0 Å². The van der Waals surface area contributed by atoms with Crippen molar-refractivity contribution >= 4 is 17.6 Å². The van der Waals surface area contributed by atoms with E-state index >= 15 is 0 Å². The molecule has 0 saturated heterocycles.